The second kappa shape index (κ2) is 10.3. The Morgan fingerprint density at radius 2 is 1.73 bits per heavy atom. The van der Waals surface area contributed by atoms with Crippen LogP contribution in [0.4, 0.5) is 5.82 Å². The lowest BCUT2D eigenvalue weighted by Gasteiger charge is -2.37. The maximum Gasteiger partial charge on any atom is 0.268 e. The molecule has 4 heterocycles. The van der Waals surface area contributed by atoms with Gasteiger partial charge in [-0.2, -0.15) is 0 Å². The number of benzene rings is 1. The third-order valence-electron chi connectivity index (χ3n) is 7.66. The summed E-state index contributed by atoms with van der Waals surface area (Å²) in [4.78, 5) is 12.0. The molecule has 11 heteroatoms. The van der Waals surface area contributed by atoms with Crippen LogP contribution in [0.5, 0.6) is 0 Å². The second-order valence-corrected chi connectivity index (χ2v) is 14.9. The molecule has 211 valence electrons. The van der Waals surface area contributed by atoms with E-state index in [2.05, 4.69) is 18.7 Å². The van der Waals surface area contributed by atoms with Crippen molar-refractivity contribution in [2.75, 3.05) is 30.9 Å². The van der Waals surface area contributed by atoms with Gasteiger partial charge in [0.1, 0.15) is 5.82 Å². The van der Waals surface area contributed by atoms with E-state index in [1.807, 2.05) is 6.07 Å². The summed E-state index contributed by atoms with van der Waals surface area (Å²) in [5.74, 6) is 0.656. The van der Waals surface area contributed by atoms with Gasteiger partial charge < -0.3 is 9.64 Å². The van der Waals surface area contributed by atoms with E-state index >= 15 is 0 Å². The minimum Gasteiger partial charge on any atom is -0.377 e. The zero-order valence-corrected chi connectivity index (χ0v) is 24.7. The van der Waals surface area contributed by atoms with E-state index in [0.29, 0.717) is 53.6 Å². The van der Waals surface area contributed by atoms with Gasteiger partial charge in [-0.15, -0.1) is 0 Å². The van der Waals surface area contributed by atoms with Crippen LogP contribution in [0.15, 0.2) is 65.6 Å². The molecule has 0 amide bonds. The molecule has 9 nitrogen and oxygen atoms in total. The molecule has 3 aromatic heterocycles. The topological polar surface area (TPSA) is 111 Å². The molecule has 0 N–H and O–H groups in total. The van der Waals surface area contributed by atoms with Crippen molar-refractivity contribution in [3.05, 3.63) is 78.8 Å². The van der Waals surface area contributed by atoms with Crippen molar-refractivity contribution in [2.45, 2.75) is 42.9 Å². The Labute approximate surface area is 235 Å². The van der Waals surface area contributed by atoms with Crippen molar-refractivity contribution >= 4 is 36.7 Å². The Bertz CT molecular complexity index is 1780. The number of aromatic nitrogens is 3. The van der Waals surface area contributed by atoms with Gasteiger partial charge in [0, 0.05) is 18.5 Å². The highest BCUT2D eigenvalue weighted by molar-refractivity contribution is 7.91. The van der Waals surface area contributed by atoms with E-state index in [4.69, 9.17) is 14.7 Å². The minimum atomic E-state index is -3.89. The average Bonchev–Trinajstić information content (AvgIpc) is 3.28. The number of anilines is 1. The largest absolute Gasteiger partial charge is 0.377 e. The van der Waals surface area contributed by atoms with E-state index in [9.17, 15) is 16.8 Å². The van der Waals surface area contributed by atoms with E-state index in [-0.39, 0.29) is 16.6 Å². The Morgan fingerprint density at radius 1 is 1.00 bits per heavy atom. The number of ether oxygens (including phenoxy) is 1. The molecule has 1 radical (unpaired) electrons. The molecule has 40 heavy (non-hydrogen) atoms. The molecule has 0 saturated carbocycles. The van der Waals surface area contributed by atoms with Gasteiger partial charge in [-0.25, -0.2) is 30.8 Å². The van der Waals surface area contributed by atoms with Crippen molar-refractivity contribution in [1.82, 2.24) is 13.9 Å². The third kappa shape index (κ3) is 4.90. The lowest BCUT2D eigenvalue weighted by molar-refractivity contribution is 0.0925. The summed E-state index contributed by atoms with van der Waals surface area (Å²) in [6.07, 6.45) is 2.07. The highest BCUT2D eigenvalue weighted by atomic mass is 32.2. The highest BCUT2D eigenvalue weighted by Crippen LogP contribution is 2.35. The molecule has 1 fully saturated rings. The fourth-order valence-corrected chi connectivity index (χ4v) is 6.92. The molecule has 1 aromatic carbocycles. The Morgan fingerprint density at radius 3 is 2.40 bits per heavy atom. The van der Waals surface area contributed by atoms with E-state index in [1.165, 1.54) is 22.4 Å². The minimum absolute atomic E-state index is 0.104. The molecule has 0 aliphatic carbocycles. The number of nitrogens with zero attached hydrogens (tertiary/aromatic N) is 4. The summed E-state index contributed by atoms with van der Waals surface area (Å²) in [7, 11) is -7.36. The normalized spacial score (nSPS) is 16.9. The van der Waals surface area contributed by atoms with Gasteiger partial charge in [-0.3, -0.25) is 0 Å². The van der Waals surface area contributed by atoms with Gasteiger partial charge in [-0.1, -0.05) is 25.1 Å². The predicted octanol–water partition coefficient (Wildman–Crippen LogP) is 4.41. The summed E-state index contributed by atoms with van der Waals surface area (Å²) in [5.41, 5.74) is 2.70. The molecular formula is C29H33N4O5S2. The van der Waals surface area contributed by atoms with E-state index in [0.717, 1.165) is 6.42 Å². The molecule has 1 aliphatic heterocycles. The zero-order valence-electron chi connectivity index (χ0n) is 23.0. The number of morpholine rings is 1. The SMILES string of the molecule is [CH2]c1cc2nc(-c3cc(C(C)(C)S(C)(=O)=O)cc(N4CCOC[C@@H]4CC)n3)ccc2n1S(=O)(=O)c1ccccc1. The first-order valence-electron chi connectivity index (χ1n) is 13.1. The smallest absolute Gasteiger partial charge is 0.268 e. The number of fused-ring (bicyclic) bond motifs is 1. The quantitative estimate of drug-likeness (QED) is 0.316. The molecular weight excluding hydrogens is 548 g/mol. The molecule has 1 aliphatic rings. The summed E-state index contributed by atoms with van der Waals surface area (Å²) < 4.78 is 58.1. The fourth-order valence-electron chi connectivity index (χ4n) is 4.89. The number of hydrogen-bond acceptors (Lipinski definition) is 8. The molecule has 1 saturated heterocycles. The third-order valence-corrected chi connectivity index (χ3v) is 11.5. The van der Waals surface area contributed by atoms with E-state index in [1.54, 1.807) is 56.3 Å². The Balaban J connectivity index is 1.67. The van der Waals surface area contributed by atoms with Crippen LogP contribution in [0.3, 0.4) is 0 Å². The lowest BCUT2D eigenvalue weighted by Crippen LogP contribution is -2.45. The van der Waals surface area contributed by atoms with Crippen LogP contribution in [0.2, 0.25) is 0 Å². The molecule has 4 aromatic rings. The standard InChI is InChI=1S/C29H33N4O5S2/c1-6-22-19-38-15-14-32(22)28-18-21(29(3,4)39(5,34)35)17-25(31-28)24-12-13-27-26(30-24)16-20(2)33(27)40(36,37)23-10-8-7-9-11-23/h7-13,16-18,22H,2,6,14-15,19H2,1,3-5H3/t22-/m0/s1. The van der Waals surface area contributed by atoms with Crippen molar-refractivity contribution in [2.24, 2.45) is 0 Å². The van der Waals surface area contributed by atoms with Crippen molar-refractivity contribution in [3.63, 3.8) is 0 Å². The number of sulfone groups is 1. The van der Waals surface area contributed by atoms with Gasteiger partial charge in [0.25, 0.3) is 10.0 Å². The van der Waals surface area contributed by atoms with Gasteiger partial charge in [-0.05, 0) is 75.2 Å². The Hall–Kier alpha value is -3.28. The summed E-state index contributed by atoms with van der Waals surface area (Å²) >= 11 is 0. The predicted molar refractivity (Wildman–Crippen MR) is 157 cm³/mol. The van der Waals surface area contributed by atoms with Gasteiger partial charge in [0.15, 0.2) is 9.84 Å². The van der Waals surface area contributed by atoms with E-state index < -0.39 is 24.6 Å². The molecule has 5 rings (SSSR count). The van der Waals surface area contributed by atoms with Crippen molar-refractivity contribution < 1.29 is 21.6 Å². The van der Waals surface area contributed by atoms with Crippen LogP contribution in [-0.4, -0.2) is 62.8 Å². The first-order valence-corrected chi connectivity index (χ1v) is 16.4. The highest BCUT2D eigenvalue weighted by Gasteiger charge is 2.34. The van der Waals surface area contributed by atoms with Crippen LogP contribution in [0, 0.1) is 6.92 Å². The van der Waals surface area contributed by atoms with Crippen LogP contribution in [0.1, 0.15) is 38.4 Å². The maximum atomic E-state index is 13.4. The van der Waals surface area contributed by atoms with Crippen LogP contribution < -0.4 is 4.90 Å². The number of rotatable bonds is 7. The fraction of sp³-hybridized carbons (Fsp3) is 0.345. The molecule has 0 bridgehead atoms. The first kappa shape index (κ1) is 28.3. The number of hydrogen-bond donors (Lipinski definition) is 0. The molecule has 0 spiro atoms. The van der Waals surface area contributed by atoms with Crippen molar-refractivity contribution in [3.8, 4) is 11.4 Å². The van der Waals surface area contributed by atoms with Gasteiger partial charge in [0.05, 0.1) is 51.3 Å². The monoisotopic (exact) mass is 581 g/mol. The van der Waals surface area contributed by atoms with Crippen LogP contribution in [-0.2, 0) is 29.3 Å². The van der Waals surface area contributed by atoms with Crippen LogP contribution >= 0.6 is 0 Å². The van der Waals surface area contributed by atoms with Crippen molar-refractivity contribution in [1.29, 1.82) is 0 Å². The summed E-state index contributed by atoms with van der Waals surface area (Å²) in [6, 6.07) is 16.9. The summed E-state index contributed by atoms with van der Waals surface area (Å²) in [5, 5.41) is 0. The maximum absolute atomic E-state index is 13.4. The van der Waals surface area contributed by atoms with Gasteiger partial charge in [0.2, 0.25) is 0 Å². The first-order chi connectivity index (χ1) is 18.8. The second-order valence-electron chi connectivity index (χ2n) is 10.5. The lowest BCUT2D eigenvalue weighted by atomic mass is 10.0. The zero-order chi connectivity index (χ0) is 28.9. The summed E-state index contributed by atoms with van der Waals surface area (Å²) in [6.45, 7) is 11.1. The van der Waals surface area contributed by atoms with Gasteiger partial charge >= 0.3 is 0 Å². The number of pyridine rings is 2. The van der Waals surface area contributed by atoms with Crippen LogP contribution in [0.25, 0.3) is 22.4 Å². The Kier molecular flexibility index (Phi) is 7.26. The molecule has 0 unspecified atom stereocenters. The molecule has 1 atom stereocenters. The average molecular weight is 582 g/mol.